The molecule has 9 heteroatoms. The quantitative estimate of drug-likeness (QED) is 0.529. The molecule has 0 bridgehead atoms. The lowest BCUT2D eigenvalue weighted by Crippen LogP contribution is -2.49. The van der Waals surface area contributed by atoms with Gasteiger partial charge in [-0.25, -0.2) is 19.3 Å². The molecule has 3 heterocycles. The SMILES string of the molecule is O=C(c1ccc2c(=O)n(-c3ccccc3)c(=O)[nH]c2c1)N1CCN(c2ncccn2)CC1. The molecule has 1 fully saturated rings. The number of carbonyl (C=O) groups excluding carboxylic acids is 1. The Bertz CT molecular complexity index is 1390. The third kappa shape index (κ3) is 3.53. The van der Waals surface area contributed by atoms with Gasteiger partial charge in [0.25, 0.3) is 11.5 Å². The van der Waals surface area contributed by atoms with Crippen molar-refractivity contribution in [2.45, 2.75) is 0 Å². The molecule has 1 aliphatic heterocycles. The van der Waals surface area contributed by atoms with Gasteiger partial charge in [-0.2, -0.15) is 0 Å². The molecule has 5 rings (SSSR count). The number of hydrogen-bond donors (Lipinski definition) is 1. The van der Waals surface area contributed by atoms with Crippen molar-refractivity contribution in [1.82, 2.24) is 24.4 Å². The van der Waals surface area contributed by atoms with Crippen molar-refractivity contribution in [2.24, 2.45) is 0 Å². The third-order valence-electron chi connectivity index (χ3n) is 5.56. The molecule has 4 aromatic rings. The highest BCUT2D eigenvalue weighted by Crippen LogP contribution is 2.15. The number of benzene rings is 2. The van der Waals surface area contributed by atoms with E-state index < -0.39 is 11.2 Å². The molecule has 2 aromatic heterocycles. The van der Waals surface area contributed by atoms with Gasteiger partial charge in [0, 0.05) is 44.1 Å². The number of hydrogen-bond acceptors (Lipinski definition) is 6. The normalized spacial score (nSPS) is 14.0. The van der Waals surface area contributed by atoms with E-state index in [0.29, 0.717) is 54.3 Å². The predicted octanol–water partition coefficient (Wildman–Crippen LogP) is 1.43. The maximum atomic E-state index is 13.0. The Labute approximate surface area is 182 Å². The Balaban J connectivity index is 1.40. The summed E-state index contributed by atoms with van der Waals surface area (Å²) in [4.78, 5) is 53.6. The van der Waals surface area contributed by atoms with Crippen LogP contribution in [0.4, 0.5) is 5.95 Å². The molecule has 1 N–H and O–H groups in total. The average molecular weight is 428 g/mol. The van der Waals surface area contributed by atoms with E-state index in [9.17, 15) is 14.4 Å². The van der Waals surface area contributed by atoms with Crippen LogP contribution in [0.3, 0.4) is 0 Å². The van der Waals surface area contributed by atoms with Gasteiger partial charge in [0.15, 0.2) is 0 Å². The number of rotatable bonds is 3. The van der Waals surface area contributed by atoms with Gasteiger partial charge in [0.05, 0.1) is 16.6 Å². The Morgan fingerprint density at radius 3 is 2.31 bits per heavy atom. The molecule has 0 unspecified atom stereocenters. The fourth-order valence-electron chi connectivity index (χ4n) is 3.91. The number of H-pyrrole nitrogens is 1. The summed E-state index contributed by atoms with van der Waals surface area (Å²) in [6.45, 7) is 2.31. The monoisotopic (exact) mass is 428 g/mol. The Hall–Kier alpha value is -4.27. The topological polar surface area (TPSA) is 104 Å². The highest BCUT2D eigenvalue weighted by atomic mass is 16.2. The van der Waals surface area contributed by atoms with Gasteiger partial charge in [-0.1, -0.05) is 18.2 Å². The second-order valence-corrected chi connectivity index (χ2v) is 7.49. The van der Waals surface area contributed by atoms with E-state index in [2.05, 4.69) is 15.0 Å². The predicted molar refractivity (Wildman–Crippen MR) is 120 cm³/mol. The molecular weight excluding hydrogens is 408 g/mol. The van der Waals surface area contributed by atoms with Crippen LogP contribution in [-0.2, 0) is 0 Å². The molecule has 2 aromatic carbocycles. The van der Waals surface area contributed by atoms with Crippen LogP contribution in [0.25, 0.3) is 16.6 Å². The molecule has 9 nitrogen and oxygen atoms in total. The number of nitrogens with one attached hydrogen (secondary N) is 1. The van der Waals surface area contributed by atoms with Crippen molar-refractivity contribution in [1.29, 1.82) is 0 Å². The van der Waals surface area contributed by atoms with Crippen molar-refractivity contribution in [3.8, 4) is 5.69 Å². The smallest absolute Gasteiger partial charge is 0.333 e. The van der Waals surface area contributed by atoms with E-state index in [0.717, 1.165) is 4.57 Å². The number of anilines is 1. The summed E-state index contributed by atoms with van der Waals surface area (Å²) < 4.78 is 1.09. The maximum Gasteiger partial charge on any atom is 0.333 e. The first kappa shape index (κ1) is 19.7. The molecule has 0 radical (unpaired) electrons. The van der Waals surface area contributed by atoms with Crippen LogP contribution in [0.2, 0.25) is 0 Å². The highest BCUT2D eigenvalue weighted by Gasteiger charge is 2.24. The summed E-state index contributed by atoms with van der Waals surface area (Å²) in [6, 6.07) is 15.3. The number of para-hydroxylation sites is 1. The summed E-state index contributed by atoms with van der Waals surface area (Å²) in [5.41, 5.74) is 0.282. The zero-order valence-electron chi connectivity index (χ0n) is 17.1. The lowest BCUT2D eigenvalue weighted by molar-refractivity contribution is 0.0746. The first-order valence-corrected chi connectivity index (χ1v) is 10.3. The molecule has 1 amide bonds. The van der Waals surface area contributed by atoms with Crippen LogP contribution in [-0.4, -0.2) is 56.5 Å². The number of aromatic nitrogens is 4. The number of amides is 1. The fraction of sp³-hybridized carbons (Fsp3) is 0.174. The second kappa shape index (κ2) is 8.10. The highest BCUT2D eigenvalue weighted by molar-refractivity contribution is 5.97. The van der Waals surface area contributed by atoms with E-state index in [1.54, 1.807) is 65.8 Å². The Kier molecular flexibility index (Phi) is 4.98. The van der Waals surface area contributed by atoms with Crippen LogP contribution in [0.1, 0.15) is 10.4 Å². The second-order valence-electron chi connectivity index (χ2n) is 7.49. The number of aromatic amines is 1. The minimum absolute atomic E-state index is 0.145. The number of nitrogens with zero attached hydrogens (tertiary/aromatic N) is 5. The van der Waals surface area contributed by atoms with Gasteiger partial charge in [-0.05, 0) is 36.4 Å². The number of piperazine rings is 1. The zero-order valence-corrected chi connectivity index (χ0v) is 17.1. The van der Waals surface area contributed by atoms with E-state index in [-0.39, 0.29) is 5.91 Å². The molecule has 1 aliphatic rings. The van der Waals surface area contributed by atoms with Crippen molar-refractivity contribution < 1.29 is 4.79 Å². The van der Waals surface area contributed by atoms with Gasteiger partial charge in [-0.15, -0.1) is 0 Å². The van der Waals surface area contributed by atoms with Crippen molar-refractivity contribution in [3.05, 3.63) is 93.4 Å². The van der Waals surface area contributed by atoms with Gasteiger partial charge < -0.3 is 14.8 Å². The Morgan fingerprint density at radius 2 is 1.59 bits per heavy atom. The molecule has 1 saturated heterocycles. The first-order chi connectivity index (χ1) is 15.6. The third-order valence-corrected chi connectivity index (χ3v) is 5.56. The van der Waals surface area contributed by atoms with Gasteiger partial charge in [0.2, 0.25) is 5.95 Å². The number of carbonyl (C=O) groups is 1. The molecule has 32 heavy (non-hydrogen) atoms. The molecule has 160 valence electrons. The summed E-state index contributed by atoms with van der Waals surface area (Å²) >= 11 is 0. The van der Waals surface area contributed by atoms with Crippen LogP contribution in [0.5, 0.6) is 0 Å². The van der Waals surface area contributed by atoms with Gasteiger partial charge in [0.1, 0.15) is 0 Å². The summed E-state index contributed by atoms with van der Waals surface area (Å²) in [7, 11) is 0. The average Bonchev–Trinajstić information content (AvgIpc) is 2.84. The fourth-order valence-corrected chi connectivity index (χ4v) is 3.91. The van der Waals surface area contributed by atoms with Gasteiger partial charge >= 0.3 is 5.69 Å². The minimum atomic E-state index is -0.547. The summed E-state index contributed by atoms with van der Waals surface area (Å²) in [5, 5.41) is 0.344. The van der Waals surface area contributed by atoms with Gasteiger partial charge in [-0.3, -0.25) is 9.59 Å². The summed E-state index contributed by atoms with van der Waals surface area (Å²) in [5.74, 6) is 0.506. The van der Waals surface area contributed by atoms with E-state index in [1.165, 1.54) is 0 Å². The van der Waals surface area contributed by atoms with Crippen molar-refractivity contribution in [2.75, 3.05) is 31.1 Å². The lowest BCUT2D eigenvalue weighted by atomic mass is 10.1. The first-order valence-electron chi connectivity index (χ1n) is 10.3. The van der Waals surface area contributed by atoms with Crippen molar-refractivity contribution >= 4 is 22.8 Å². The summed E-state index contributed by atoms with van der Waals surface area (Å²) in [6.07, 6.45) is 3.39. The molecule has 0 atom stereocenters. The van der Waals surface area contributed by atoms with Crippen LogP contribution >= 0.6 is 0 Å². The van der Waals surface area contributed by atoms with Crippen molar-refractivity contribution in [3.63, 3.8) is 0 Å². The minimum Gasteiger partial charge on any atom is -0.337 e. The molecule has 0 saturated carbocycles. The Morgan fingerprint density at radius 1 is 0.875 bits per heavy atom. The maximum absolute atomic E-state index is 13.0. The van der Waals surface area contributed by atoms with Crippen LogP contribution in [0.15, 0.2) is 76.6 Å². The zero-order chi connectivity index (χ0) is 22.1. The van der Waals surface area contributed by atoms with E-state index in [4.69, 9.17) is 0 Å². The lowest BCUT2D eigenvalue weighted by Gasteiger charge is -2.34. The van der Waals surface area contributed by atoms with E-state index >= 15 is 0 Å². The molecule has 0 aliphatic carbocycles. The molecular formula is C23H20N6O3. The molecule has 0 spiro atoms. The number of fused-ring (bicyclic) bond motifs is 1. The van der Waals surface area contributed by atoms with Crippen LogP contribution < -0.4 is 16.1 Å². The standard InChI is InChI=1S/C23H20N6O3/c30-20(27-11-13-28(14-12-27)22-24-9-4-10-25-22)16-7-8-18-19(15-16)26-23(32)29(21(18)31)17-5-2-1-3-6-17/h1-10,15H,11-14H2,(H,26,32). The van der Waals surface area contributed by atoms with E-state index in [1.807, 2.05) is 11.0 Å². The largest absolute Gasteiger partial charge is 0.337 e. The van der Waals surface area contributed by atoms with Crippen LogP contribution in [0, 0.1) is 0 Å².